The Morgan fingerprint density at radius 3 is 2.86 bits per heavy atom. The topological polar surface area (TPSA) is 67.3 Å². The van der Waals surface area contributed by atoms with E-state index in [1.165, 1.54) is 0 Å². The van der Waals surface area contributed by atoms with Crippen molar-refractivity contribution in [1.29, 1.82) is 0 Å². The number of nitrogens with zero attached hydrogens (tertiary/aromatic N) is 3. The molecule has 0 aliphatic carbocycles. The number of anilines is 1. The number of carbonyl (C=O) groups excluding carboxylic acids is 1. The first-order valence-electron chi connectivity index (χ1n) is 7.10. The van der Waals surface area contributed by atoms with Gasteiger partial charge in [-0.3, -0.25) is 0 Å². The van der Waals surface area contributed by atoms with Gasteiger partial charge >= 0.3 is 6.03 Å². The summed E-state index contributed by atoms with van der Waals surface area (Å²) in [4.78, 5) is 22.2. The van der Waals surface area contributed by atoms with Gasteiger partial charge in [0.05, 0.1) is 23.5 Å². The monoisotopic (exact) mass is 320 g/mol. The number of pyridine rings is 1. The quantitative estimate of drug-likeness (QED) is 0.887. The minimum atomic E-state index is -0.172. The van der Waals surface area contributed by atoms with E-state index >= 15 is 0 Å². The van der Waals surface area contributed by atoms with Gasteiger partial charge in [0.15, 0.2) is 0 Å². The lowest BCUT2D eigenvalue weighted by Gasteiger charge is -2.21. The van der Waals surface area contributed by atoms with E-state index in [1.54, 1.807) is 47.8 Å². The van der Waals surface area contributed by atoms with Crippen LogP contribution in [0.1, 0.15) is 24.8 Å². The first-order chi connectivity index (χ1) is 10.6. The van der Waals surface area contributed by atoms with E-state index in [0.29, 0.717) is 24.7 Å². The molecule has 2 aromatic rings. The van der Waals surface area contributed by atoms with Crippen LogP contribution in [0.25, 0.3) is 0 Å². The first kappa shape index (κ1) is 16.2. The number of urea groups is 1. The zero-order valence-electron chi connectivity index (χ0n) is 12.9. The number of ether oxygens (including phenoxy) is 1. The lowest BCUT2D eigenvalue weighted by atomic mass is 10.2. The number of hydrogen-bond donors (Lipinski definition) is 1. The van der Waals surface area contributed by atoms with Gasteiger partial charge in [-0.15, -0.1) is 11.3 Å². The Labute approximate surface area is 134 Å². The Morgan fingerprint density at radius 1 is 1.45 bits per heavy atom. The Kier molecular flexibility index (Phi) is 5.71. The molecule has 2 amide bonds. The van der Waals surface area contributed by atoms with Crippen molar-refractivity contribution in [3.8, 4) is 5.88 Å². The number of nitrogens with one attached hydrogen (secondary N) is 1. The van der Waals surface area contributed by atoms with Crippen molar-refractivity contribution < 1.29 is 9.53 Å². The molecule has 0 saturated heterocycles. The van der Waals surface area contributed by atoms with Crippen LogP contribution in [-0.4, -0.2) is 41.1 Å². The van der Waals surface area contributed by atoms with E-state index in [1.807, 2.05) is 12.3 Å². The van der Waals surface area contributed by atoms with Crippen LogP contribution >= 0.6 is 11.3 Å². The number of hydrogen-bond acceptors (Lipinski definition) is 5. The molecule has 0 bridgehead atoms. The van der Waals surface area contributed by atoms with Gasteiger partial charge in [-0.25, -0.2) is 14.8 Å². The normalized spacial score (nSPS) is 11.8. The van der Waals surface area contributed by atoms with Crippen LogP contribution in [0.3, 0.4) is 0 Å². The molecule has 0 radical (unpaired) electrons. The maximum Gasteiger partial charge on any atom is 0.321 e. The molecule has 0 saturated carbocycles. The molecule has 1 unspecified atom stereocenters. The van der Waals surface area contributed by atoms with E-state index in [9.17, 15) is 4.79 Å². The van der Waals surface area contributed by atoms with Gasteiger partial charge in [-0.05, 0) is 13.0 Å². The molecule has 7 heteroatoms. The smallest absolute Gasteiger partial charge is 0.321 e. The number of thiazole rings is 1. The molecule has 0 aliphatic heterocycles. The third-order valence-corrected chi connectivity index (χ3v) is 4.05. The average Bonchev–Trinajstić information content (AvgIpc) is 3.04. The lowest BCUT2D eigenvalue weighted by molar-refractivity contribution is 0.220. The molecule has 2 rings (SSSR count). The first-order valence-corrected chi connectivity index (χ1v) is 7.98. The highest BCUT2D eigenvalue weighted by molar-refractivity contribution is 7.09. The summed E-state index contributed by atoms with van der Waals surface area (Å²) in [5, 5.41) is 5.79. The van der Waals surface area contributed by atoms with Crippen LogP contribution in [0.5, 0.6) is 5.88 Å². The number of carbonyl (C=O) groups is 1. The van der Waals surface area contributed by atoms with Crippen LogP contribution in [0.2, 0.25) is 0 Å². The fourth-order valence-corrected chi connectivity index (χ4v) is 2.65. The summed E-state index contributed by atoms with van der Waals surface area (Å²) in [6.07, 6.45) is 3.36. The van der Waals surface area contributed by atoms with Crippen molar-refractivity contribution in [3.63, 3.8) is 0 Å². The van der Waals surface area contributed by atoms with Crippen molar-refractivity contribution in [2.24, 2.45) is 0 Å². The second kappa shape index (κ2) is 7.74. The molecular weight excluding hydrogens is 300 g/mol. The summed E-state index contributed by atoms with van der Waals surface area (Å²) in [5.74, 6) is 0.750. The van der Waals surface area contributed by atoms with Crippen LogP contribution in [-0.2, 0) is 0 Å². The minimum Gasteiger partial charge on any atom is -0.478 e. The fraction of sp³-hybridized carbons (Fsp3) is 0.400. The molecule has 118 valence electrons. The number of likely N-dealkylation sites (N-methyl/N-ethyl adjacent to an activating group) is 1. The van der Waals surface area contributed by atoms with Crippen molar-refractivity contribution in [2.75, 3.05) is 25.5 Å². The molecule has 0 aliphatic rings. The van der Waals surface area contributed by atoms with Crippen molar-refractivity contribution in [3.05, 3.63) is 34.9 Å². The Hall–Kier alpha value is -2.15. The maximum atomic E-state index is 12.2. The molecule has 2 heterocycles. The standard InChI is InChI=1S/C15H20N4O2S/c1-4-21-13-6-5-12(9-17-13)18-15(20)19(3)10-11(2)14-16-7-8-22-14/h5-9,11H,4,10H2,1-3H3,(H,18,20). The zero-order chi connectivity index (χ0) is 15.9. The molecule has 6 nitrogen and oxygen atoms in total. The second-order valence-electron chi connectivity index (χ2n) is 4.90. The summed E-state index contributed by atoms with van der Waals surface area (Å²) in [6.45, 7) is 5.12. The molecule has 22 heavy (non-hydrogen) atoms. The van der Waals surface area contributed by atoms with E-state index < -0.39 is 0 Å². The van der Waals surface area contributed by atoms with Crippen molar-refractivity contribution >= 4 is 23.1 Å². The summed E-state index contributed by atoms with van der Waals surface area (Å²) < 4.78 is 5.27. The third kappa shape index (κ3) is 4.42. The van der Waals surface area contributed by atoms with E-state index in [0.717, 1.165) is 5.01 Å². The van der Waals surface area contributed by atoms with Gasteiger partial charge in [-0.2, -0.15) is 0 Å². The molecule has 0 spiro atoms. The lowest BCUT2D eigenvalue weighted by Crippen LogP contribution is -2.34. The van der Waals surface area contributed by atoms with Crippen LogP contribution < -0.4 is 10.1 Å². The van der Waals surface area contributed by atoms with Gasteiger partial charge in [0.2, 0.25) is 5.88 Å². The SMILES string of the molecule is CCOc1ccc(NC(=O)N(C)CC(C)c2nccs2)cn1. The number of amides is 2. The summed E-state index contributed by atoms with van der Waals surface area (Å²) >= 11 is 1.60. The van der Waals surface area contributed by atoms with Crippen molar-refractivity contribution in [2.45, 2.75) is 19.8 Å². The second-order valence-corrected chi connectivity index (χ2v) is 5.83. The fourth-order valence-electron chi connectivity index (χ4n) is 1.96. The molecular formula is C15H20N4O2S. The predicted molar refractivity (Wildman–Crippen MR) is 87.6 cm³/mol. The largest absolute Gasteiger partial charge is 0.478 e. The number of aromatic nitrogens is 2. The third-order valence-electron chi connectivity index (χ3n) is 3.05. The molecule has 1 N–H and O–H groups in total. The van der Waals surface area contributed by atoms with E-state index in [-0.39, 0.29) is 11.9 Å². The van der Waals surface area contributed by atoms with Gasteiger partial charge < -0.3 is 15.0 Å². The van der Waals surface area contributed by atoms with Gasteiger partial charge in [0.25, 0.3) is 0 Å². The summed E-state index contributed by atoms with van der Waals surface area (Å²) in [6, 6.07) is 3.33. The highest BCUT2D eigenvalue weighted by Crippen LogP contribution is 2.19. The molecule has 1 atom stereocenters. The molecule has 0 aromatic carbocycles. The highest BCUT2D eigenvalue weighted by atomic mass is 32.1. The average molecular weight is 320 g/mol. The highest BCUT2D eigenvalue weighted by Gasteiger charge is 2.15. The Balaban J connectivity index is 1.88. The van der Waals surface area contributed by atoms with Crippen LogP contribution in [0.4, 0.5) is 10.5 Å². The van der Waals surface area contributed by atoms with Gasteiger partial charge in [0.1, 0.15) is 0 Å². The summed E-state index contributed by atoms with van der Waals surface area (Å²) in [7, 11) is 1.77. The van der Waals surface area contributed by atoms with Crippen LogP contribution in [0, 0.1) is 0 Å². The Bertz CT molecular complexity index is 586. The Morgan fingerprint density at radius 2 is 2.27 bits per heavy atom. The van der Waals surface area contributed by atoms with Crippen LogP contribution in [0.15, 0.2) is 29.9 Å². The van der Waals surface area contributed by atoms with Crippen molar-refractivity contribution in [1.82, 2.24) is 14.9 Å². The molecule has 0 fully saturated rings. The number of rotatable bonds is 6. The van der Waals surface area contributed by atoms with Gasteiger partial charge in [0, 0.05) is 37.2 Å². The predicted octanol–water partition coefficient (Wildman–Crippen LogP) is 3.20. The molecule has 2 aromatic heterocycles. The van der Waals surface area contributed by atoms with Gasteiger partial charge in [-0.1, -0.05) is 6.92 Å². The summed E-state index contributed by atoms with van der Waals surface area (Å²) in [5.41, 5.74) is 0.641. The van der Waals surface area contributed by atoms with E-state index in [4.69, 9.17) is 4.74 Å². The van der Waals surface area contributed by atoms with E-state index in [2.05, 4.69) is 22.2 Å². The zero-order valence-corrected chi connectivity index (χ0v) is 13.8. The minimum absolute atomic E-state index is 0.172. The maximum absolute atomic E-state index is 12.2.